The number of ether oxygens (including phenoxy) is 1. The molecule has 0 spiro atoms. The van der Waals surface area contributed by atoms with Crippen LogP contribution in [0.4, 0.5) is 5.69 Å². The number of hydrogen-bond acceptors (Lipinski definition) is 5. The third-order valence-corrected chi connectivity index (χ3v) is 3.99. The van der Waals surface area contributed by atoms with Crippen LogP contribution >= 0.6 is 0 Å². The molecule has 1 aromatic carbocycles. The fraction of sp³-hybridized carbons (Fsp3) is 0.385. The van der Waals surface area contributed by atoms with Crippen molar-refractivity contribution in [3.8, 4) is 18.1 Å². The van der Waals surface area contributed by atoms with Gasteiger partial charge in [0.15, 0.2) is 0 Å². The summed E-state index contributed by atoms with van der Waals surface area (Å²) in [7, 11) is -0.314. The summed E-state index contributed by atoms with van der Waals surface area (Å²) in [5, 5.41) is 5.82. The van der Waals surface area contributed by atoms with E-state index in [1.807, 2.05) is 0 Å². The molecule has 0 aliphatic carbocycles. The van der Waals surface area contributed by atoms with Gasteiger partial charge in [-0.2, -0.15) is 0 Å². The summed E-state index contributed by atoms with van der Waals surface area (Å²) < 4.78 is 31.8. The molecule has 0 radical (unpaired) electrons. The summed E-state index contributed by atoms with van der Waals surface area (Å²) >= 11 is 0. The summed E-state index contributed by atoms with van der Waals surface area (Å²) in [6.07, 6.45) is 5.17. The maximum Gasteiger partial charge on any atom is 0.240 e. The average molecular weight is 297 g/mol. The van der Waals surface area contributed by atoms with Gasteiger partial charge in [-0.1, -0.05) is 5.92 Å². The minimum absolute atomic E-state index is 0.150. The van der Waals surface area contributed by atoms with E-state index in [0.717, 1.165) is 0 Å². The number of methoxy groups -OCH3 is 1. The van der Waals surface area contributed by atoms with Crippen LogP contribution < -0.4 is 20.1 Å². The number of benzene rings is 1. The molecule has 0 aliphatic rings. The van der Waals surface area contributed by atoms with Crippen molar-refractivity contribution in [1.29, 1.82) is 0 Å². The van der Waals surface area contributed by atoms with Gasteiger partial charge in [0.1, 0.15) is 5.75 Å². The zero-order chi connectivity index (χ0) is 15.0. The lowest BCUT2D eigenvalue weighted by Gasteiger charge is -2.12. The van der Waals surface area contributed by atoms with Crippen LogP contribution in [0, 0.1) is 12.3 Å². The number of anilines is 1. The standard InChI is InChI=1S/C13H19N3O3S/c1-4-7-15-12-6-5-11(10-13(12)19-3)20(17,18)16-9-8-14-2/h1,5-6,10,14-16H,7-9H2,2-3H3. The highest BCUT2D eigenvalue weighted by Crippen LogP contribution is 2.27. The monoisotopic (exact) mass is 297 g/mol. The number of sulfonamides is 1. The highest BCUT2D eigenvalue weighted by Gasteiger charge is 2.15. The van der Waals surface area contributed by atoms with Crippen LogP contribution in [0.3, 0.4) is 0 Å². The highest BCUT2D eigenvalue weighted by molar-refractivity contribution is 7.89. The second-order valence-corrected chi connectivity index (χ2v) is 5.69. The first-order chi connectivity index (χ1) is 9.55. The first-order valence-electron chi connectivity index (χ1n) is 6.04. The van der Waals surface area contributed by atoms with Gasteiger partial charge in [-0.05, 0) is 19.2 Å². The molecule has 6 nitrogen and oxygen atoms in total. The fourth-order valence-electron chi connectivity index (χ4n) is 1.52. The van der Waals surface area contributed by atoms with Crippen molar-refractivity contribution in [2.24, 2.45) is 0 Å². The molecule has 0 aromatic heterocycles. The third kappa shape index (κ3) is 4.42. The number of likely N-dealkylation sites (N-methyl/N-ethyl adjacent to an activating group) is 1. The Kier molecular flexibility index (Phi) is 6.31. The van der Waals surface area contributed by atoms with E-state index >= 15 is 0 Å². The molecule has 20 heavy (non-hydrogen) atoms. The highest BCUT2D eigenvalue weighted by atomic mass is 32.2. The number of hydrogen-bond donors (Lipinski definition) is 3. The fourth-order valence-corrected chi connectivity index (χ4v) is 2.57. The lowest BCUT2D eigenvalue weighted by atomic mass is 10.3. The van der Waals surface area contributed by atoms with Crippen LogP contribution in [-0.4, -0.2) is 42.2 Å². The van der Waals surface area contributed by atoms with E-state index < -0.39 is 10.0 Å². The summed E-state index contributed by atoms with van der Waals surface area (Å²) in [6, 6.07) is 4.59. The zero-order valence-electron chi connectivity index (χ0n) is 11.6. The molecular formula is C13H19N3O3S. The normalized spacial score (nSPS) is 10.8. The van der Waals surface area contributed by atoms with E-state index in [2.05, 4.69) is 21.3 Å². The van der Waals surface area contributed by atoms with Crippen molar-refractivity contribution >= 4 is 15.7 Å². The SMILES string of the molecule is C#CCNc1ccc(S(=O)(=O)NCCNC)cc1OC. The van der Waals surface area contributed by atoms with Crippen molar-refractivity contribution in [3.63, 3.8) is 0 Å². The molecule has 7 heteroatoms. The maximum atomic E-state index is 12.1. The lowest BCUT2D eigenvalue weighted by molar-refractivity contribution is 0.415. The first-order valence-corrected chi connectivity index (χ1v) is 7.53. The van der Waals surface area contributed by atoms with Crippen molar-refractivity contribution in [2.45, 2.75) is 4.90 Å². The largest absolute Gasteiger partial charge is 0.495 e. The Morgan fingerprint density at radius 2 is 2.10 bits per heavy atom. The quantitative estimate of drug-likeness (QED) is 0.473. The molecular weight excluding hydrogens is 278 g/mol. The molecule has 0 atom stereocenters. The molecule has 0 unspecified atom stereocenters. The molecule has 0 aliphatic heterocycles. The van der Waals surface area contributed by atoms with Gasteiger partial charge in [0.05, 0.1) is 24.2 Å². The van der Waals surface area contributed by atoms with Crippen molar-refractivity contribution in [3.05, 3.63) is 18.2 Å². The van der Waals surface area contributed by atoms with Gasteiger partial charge in [0, 0.05) is 19.2 Å². The Balaban J connectivity index is 2.94. The minimum atomic E-state index is -3.54. The van der Waals surface area contributed by atoms with E-state index in [0.29, 0.717) is 31.1 Å². The molecule has 0 heterocycles. The van der Waals surface area contributed by atoms with E-state index in [-0.39, 0.29) is 4.90 Å². The predicted molar refractivity (Wildman–Crippen MR) is 79.4 cm³/mol. The summed E-state index contributed by atoms with van der Waals surface area (Å²) in [5.41, 5.74) is 0.652. The molecule has 1 rings (SSSR count). The first kappa shape index (κ1) is 16.3. The number of nitrogens with one attached hydrogen (secondary N) is 3. The summed E-state index contributed by atoms with van der Waals surface area (Å²) in [6.45, 7) is 1.21. The molecule has 0 amide bonds. The second kappa shape index (κ2) is 7.75. The van der Waals surface area contributed by atoms with Crippen molar-refractivity contribution in [2.75, 3.05) is 39.1 Å². The van der Waals surface area contributed by atoms with Crippen molar-refractivity contribution < 1.29 is 13.2 Å². The topological polar surface area (TPSA) is 79.5 Å². The van der Waals surface area contributed by atoms with E-state index in [9.17, 15) is 8.42 Å². The molecule has 1 aromatic rings. The molecule has 0 fully saturated rings. The van der Waals surface area contributed by atoms with E-state index in [1.165, 1.54) is 19.2 Å². The van der Waals surface area contributed by atoms with Gasteiger partial charge in [-0.15, -0.1) is 6.42 Å². The Labute approximate surface area is 120 Å². The van der Waals surface area contributed by atoms with Crippen LogP contribution in [0.2, 0.25) is 0 Å². The minimum Gasteiger partial charge on any atom is -0.495 e. The van der Waals surface area contributed by atoms with Crippen molar-refractivity contribution in [1.82, 2.24) is 10.0 Å². The molecule has 0 saturated carbocycles. The van der Waals surface area contributed by atoms with Crippen LogP contribution in [0.1, 0.15) is 0 Å². The van der Waals surface area contributed by atoms with Gasteiger partial charge in [-0.25, -0.2) is 13.1 Å². The smallest absolute Gasteiger partial charge is 0.240 e. The van der Waals surface area contributed by atoms with Gasteiger partial charge in [0.2, 0.25) is 10.0 Å². The second-order valence-electron chi connectivity index (χ2n) is 3.92. The molecule has 0 saturated heterocycles. The Morgan fingerprint density at radius 1 is 1.35 bits per heavy atom. The molecule has 0 bridgehead atoms. The summed E-state index contributed by atoms with van der Waals surface area (Å²) in [4.78, 5) is 0.150. The van der Waals surface area contributed by atoms with E-state index in [4.69, 9.17) is 11.2 Å². The van der Waals surface area contributed by atoms with Gasteiger partial charge in [-0.3, -0.25) is 0 Å². The Bertz CT molecular complexity index is 579. The summed E-state index contributed by atoms with van der Waals surface area (Å²) in [5.74, 6) is 2.87. The number of rotatable bonds is 8. The predicted octanol–water partition coefficient (Wildman–Crippen LogP) is 0.238. The van der Waals surface area contributed by atoms with Crippen LogP contribution in [-0.2, 0) is 10.0 Å². The van der Waals surface area contributed by atoms with Crippen LogP contribution in [0.15, 0.2) is 23.1 Å². The average Bonchev–Trinajstić information content (AvgIpc) is 2.45. The van der Waals surface area contributed by atoms with Crippen LogP contribution in [0.25, 0.3) is 0 Å². The Hall–Kier alpha value is -1.75. The van der Waals surface area contributed by atoms with Gasteiger partial charge >= 0.3 is 0 Å². The lowest BCUT2D eigenvalue weighted by Crippen LogP contribution is -2.30. The van der Waals surface area contributed by atoms with Crippen LogP contribution in [0.5, 0.6) is 5.75 Å². The molecule has 110 valence electrons. The third-order valence-electron chi connectivity index (χ3n) is 2.53. The Morgan fingerprint density at radius 3 is 2.70 bits per heavy atom. The molecule has 3 N–H and O–H groups in total. The maximum absolute atomic E-state index is 12.1. The van der Waals surface area contributed by atoms with Gasteiger partial charge in [0.25, 0.3) is 0 Å². The number of terminal acetylenes is 1. The van der Waals surface area contributed by atoms with E-state index in [1.54, 1.807) is 13.1 Å². The van der Waals surface area contributed by atoms with Gasteiger partial charge < -0.3 is 15.4 Å². The zero-order valence-corrected chi connectivity index (χ0v) is 12.4.